The lowest BCUT2D eigenvalue weighted by Crippen LogP contribution is -2.48. The minimum absolute atomic E-state index is 0.0335. The Balaban J connectivity index is 1.12. The second-order valence-corrected chi connectivity index (χ2v) is 9.14. The van der Waals surface area contributed by atoms with Crippen LogP contribution in [0.5, 0.6) is 0 Å². The molecular formula is C27H32N2O5. The van der Waals surface area contributed by atoms with Crippen molar-refractivity contribution in [2.45, 2.75) is 56.9 Å². The van der Waals surface area contributed by atoms with Crippen molar-refractivity contribution in [2.24, 2.45) is 5.92 Å². The van der Waals surface area contributed by atoms with Crippen LogP contribution in [0.15, 0.2) is 48.5 Å². The summed E-state index contributed by atoms with van der Waals surface area (Å²) in [7, 11) is 0. The summed E-state index contributed by atoms with van der Waals surface area (Å²) in [6.07, 6.45) is 4.74. The highest BCUT2D eigenvalue weighted by atomic mass is 16.5. The zero-order valence-electron chi connectivity index (χ0n) is 19.3. The van der Waals surface area contributed by atoms with E-state index in [4.69, 9.17) is 4.74 Å². The Morgan fingerprint density at radius 2 is 1.59 bits per heavy atom. The van der Waals surface area contributed by atoms with E-state index >= 15 is 0 Å². The number of carboxylic acid groups (broad SMARTS) is 1. The van der Waals surface area contributed by atoms with Crippen LogP contribution in [0.2, 0.25) is 0 Å². The molecule has 2 aromatic rings. The van der Waals surface area contributed by atoms with Crippen LogP contribution in [0, 0.1) is 5.92 Å². The molecule has 0 bridgehead atoms. The van der Waals surface area contributed by atoms with Crippen LogP contribution in [-0.4, -0.2) is 42.3 Å². The first-order valence-corrected chi connectivity index (χ1v) is 12.2. The van der Waals surface area contributed by atoms with E-state index < -0.39 is 18.1 Å². The van der Waals surface area contributed by atoms with Gasteiger partial charge in [-0.3, -0.25) is 4.79 Å². The fraction of sp³-hybridized carbons (Fsp3) is 0.444. The average Bonchev–Trinajstić information content (AvgIpc) is 3.12. The molecule has 34 heavy (non-hydrogen) atoms. The highest BCUT2D eigenvalue weighted by molar-refractivity contribution is 5.83. The standard InChI is InChI=1S/C27H32N2O5/c30-24(29-25(26(31)32)18-9-8-10-18)15-2-1-7-16-28-27(33)34-17-23-21-13-5-3-11-19(21)20-12-4-6-14-22(20)23/h3-6,11-14,18,23,25H,1-2,7-10,15-17H2,(H,28,33)(H,29,30)(H,31,32). The Hall–Kier alpha value is -3.35. The molecule has 1 fully saturated rings. The van der Waals surface area contributed by atoms with Gasteiger partial charge in [0.05, 0.1) is 0 Å². The summed E-state index contributed by atoms with van der Waals surface area (Å²) >= 11 is 0. The van der Waals surface area contributed by atoms with Gasteiger partial charge in [0, 0.05) is 18.9 Å². The molecule has 3 N–H and O–H groups in total. The van der Waals surface area contributed by atoms with E-state index in [1.54, 1.807) is 0 Å². The second-order valence-electron chi connectivity index (χ2n) is 9.14. The monoisotopic (exact) mass is 464 g/mol. The maximum atomic E-state index is 12.2. The van der Waals surface area contributed by atoms with Crippen molar-refractivity contribution in [2.75, 3.05) is 13.2 Å². The molecule has 0 spiro atoms. The van der Waals surface area contributed by atoms with Gasteiger partial charge in [-0.15, -0.1) is 0 Å². The largest absolute Gasteiger partial charge is 0.480 e. The van der Waals surface area contributed by atoms with E-state index in [-0.39, 0.29) is 24.3 Å². The van der Waals surface area contributed by atoms with Crippen molar-refractivity contribution in [3.05, 3.63) is 59.7 Å². The Kier molecular flexibility index (Phi) is 7.83. The molecular weight excluding hydrogens is 432 g/mol. The zero-order valence-corrected chi connectivity index (χ0v) is 19.3. The lowest BCUT2D eigenvalue weighted by molar-refractivity contribution is -0.144. The lowest BCUT2D eigenvalue weighted by Gasteiger charge is -2.31. The van der Waals surface area contributed by atoms with E-state index in [1.807, 2.05) is 24.3 Å². The molecule has 0 heterocycles. The Labute approximate surface area is 199 Å². The van der Waals surface area contributed by atoms with Gasteiger partial charge in [0.25, 0.3) is 0 Å². The van der Waals surface area contributed by atoms with Gasteiger partial charge in [0.15, 0.2) is 0 Å². The van der Waals surface area contributed by atoms with Crippen LogP contribution in [0.4, 0.5) is 4.79 Å². The van der Waals surface area contributed by atoms with Crippen LogP contribution in [0.3, 0.4) is 0 Å². The minimum Gasteiger partial charge on any atom is -0.480 e. The average molecular weight is 465 g/mol. The first-order chi connectivity index (χ1) is 16.5. The van der Waals surface area contributed by atoms with Crippen LogP contribution in [0.1, 0.15) is 62.0 Å². The van der Waals surface area contributed by atoms with Crippen molar-refractivity contribution in [1.29, 1.82) is 0 Å². The molecule has 2 aromatic carbocycles. The van der Waals surface area contributed by atoms with Crippen LogP contribution in [-0.2, 0) is 14.3 Å². The maximum absolute atomic E-state index is 12.2. The Morgan fingerprint density at radius 3 is 2.18 bits per heavy atom. The highest BCUT2D eigenvalue weighted by Gasteiger charge is 2.33. The number of nitrogens with one attached hydrogen (secondary N) is 2. The summed E-state index contributed by atoms with van der Waals surface area (Å²) in [5, 5.41) is 14.7. The molecule has 1 unspecified atom stereocenters. The molecule has 2 aliphatic rings. The number of ether oxygens (including phenoxy) is 1. The first-order valence-electron chi connectivity index (χ1n) is 12.2. The molecule has 7 heteroatoms. The highest BCUT2D eigenvalue weighted by Crippen LogP contribution is 2.44. The number of alkyl carbamates (subject to hydrolysis) is 1. The summed E-state index contributed by atoms with van der Waals surface area (Å²) in [6, 6.07) is 15.7. The molecule has 0 aliphatic heterocycles. The number of unbranched alkanes of at least 4 members (excludes halogenated alkanes) is 2. The van der Waals surface area contributed by atoms with E-state index in [9.17, 15) is 19.5 Å². The van der Waals surface area contributed by atoms with Gasteiger partial charge in [0.2, 0.25) is 5.91 Å². The van der Waals surface area contributed by atoms with Gasteiger partial charge in [-0.1, -0.05) is 61.4 Å². The molecule has 7 nitrogen and oxygen atoms in total. The van der Waals surface area contributed by atoms with Gasteiger partial charge >= 0.3 is 12.1 Å². The first kappa shape index (κ1) is 23.8. The predicted molar refractivity (Wildman–Crippen MR) is 128 cm³/mol. The fourth-order valence-electron chi connectivity index (χ4n) is 4.83. The molecule has 4 rings (SSSR count). The van der Waals surface area contributed by atoms with E-state index in [1.165, 1.54) is 22.3 Å². The number of rotatable bonds is 11. The van der Waals surface area contributed by atoms with Crippen molar-refractivity contribution >= 4 is 18.0 Å². The molecule has 2 aliphatic carbocycles. The quantitative estimate of drug-likeness (QED) is 0.426. The van der Waals surface area contributed by atoms with Gasteiger partial charge in [0.1, 0.15) is 12.6 Å². The molecule has 1 saturated carbocycles. The number of hydrogen-bond acceptors (Lipinski definition) is 4. The number of carbonyl (C=O) groups excluding carboxylic acids is 2. The summed E-state index contributed by atoms with van der Waals surface area (Å²) in [6.45, 7) is 0.754. The van der Waals surface area contributed by atoms with Crippen LogP contribution >= 0.6 is 0 Å². The van der Waals surface area contributed by atoms with Gasteiger partial charge < -0.3 is 20.5 Å². The molecule has 1 atom stereocenters. The number of aliphatic carboxylic acids is 1. The Morgan fingerprint density at radius 1 is 0.941 bits per heavy atom. The predicted octanol–water partition coefficient (Wildman–Crippen LogP) is 4.46. The number of benzene rings is 2. The van der Waals surface area contributed by atoms with Crippen LogP contribution < -0.4 is 10.6 Å². The third-order valence-electron chi connectivity index (χ3n) is 6.90. The Bertz CT molecular complexity index is 988. The smallest absolute Gasteiger partial charge is 0.407 e. The SMILES string of the molecule is O=C(CCCCCNC(=O)OCC1c2ccccc2-c2ccccc21)NC(C(=O)O)C1CCC1. The zero-order chi connectivity index (χ0) is 23.9. The van der Waals surface area contributed by atoms with Crippen molar-refractivity contribution in [3.8, 4) is 11.1 Å². The fourth-order valence-corrected chi connectivity index (χ4v) is 4.83. The molecule has 180 valence electrons. The van der Waals surface area contributed by atoms with E-state index in [2.05, 4.69) is 34.9 Å². The molecule has 0 saturated heterocycles. The number of hydrogen-bond donors (Lipinski definition) is 3. The van der Waals surface area contributed by atoms with Crippen molar-refractivity contribution in [1.82, 2.24) is 10.6 Å². The summed E-state index contributed by atoms with van der Waals surface area (Å²) in [5.74, 6) is -1.08. The third-order valence-corrected chi connectivity index (χ3v) is 6.90. The summed E-state index contributed by atoms with van der Waals surface area (Å²) < 4.78 is 5.52. The van der Waals surface area contributed by atoms with Crippen LogP contribution in [0.25, 0.3) is 11.1 Å². The normalized spacial score (nSPS) is 15.5. The summed E-state index contributed by atoms with van der Waals surface area (Å²) in [4.78, 5) is 35.6. The molecule has 0 aromatic heterocycles. The molecule has 0 radical (unpaired) electrons. The van der Waals surface area contributed by atoms with Crippen molar-refractivity contribution < 1.29 is 24.2 Å². The number of amides is 2. The van der Waals surface area contributed by atoms with Gasteiger partial charge in [-0.2, -0.15) is 0 Å². The second kappa shape index (κ2) is 11.2. The number of carboxylic acids is 1. The van der Waals surface area contributed by atoms with E-state index in [0.717, 1.165) is 32.1 Å². The molecule has 2 amide bonds. The topological polar surface area (TPSA) is 105 Å². The number of fused-ring (bicyclic) bond motifs is 3. The lowest BCUT2D eigenvalue weighted by atomic mass is 9.79. The minimum atomic E-state index is -0.953. The van der Waals surface area contributed by atoms with Gasteiger partial charge in [-0.05, 0) is 53.9 Å². The maximum Gasteiger partial charge on any atom is 0.407 e. The van der Waals surface area contributed by atoms with Gasteiger partial charge in [-0.25, -0.2) is 9.59 Å². The van der Waals surface area contributed by atoms with Crippen molar-refractivity contribution in [3.63, 3.8) is 0 Å². The number of carbonyl (C=O) groups is 3. The summed E-state index contributed by atoms with van der Waals surface area (Å²) in [5.41, 5.74) is 4.74. The third kappa shape index (κ3) is 5.58. The van der Waals surface area contributed by atoms with E-state index in [0.29, 0.717) is 19.4 Å².